The summed E-state index contributed by atoms with van der Waals surface area (Å²) in [7, 11) is 2.51. The molecular formula is C15H30N6O2S. The van der Waals surface area contributed by atoms with Crippen LogP contribution in [0.1, 0.15) is 37.4 Å². The molecule has 0 aromatic carbocycles. The summed E-state index contributed by atoms with van der Waals surface area (Å²) < 4.78 is 26.3. The molecule has 24 heavy (non-hydrogen) atoms. The number of aromatic nitrogens is 2. The van der Waals surface area contributed by atoms with Gasteiger partial charge in [-0.1, -0.05) is 13.8 Å². The molecule has 0 aliphatic carbocycles. The quantitative estimate of drug-likeness (QED) is 0.401. The summed E-state index contributed by atoms with van der Waals surface area (Å²) in [6, 6.07) is 0. The van der Waals surface area contributed by atoms with E-state index in [0.29, 0.717) is 32.0 Å². The molecule has 138 valence electrons. The number of aliphatic imine (C=N–C) groups is 1. The third-order valence-corrected chi connectivity index (χ3v) is 4.19. The first-order valence-electron chi connectivity index (χ1n) is 8.03. The average Bonchev–Trinajstić information content (AvgIpc) is 2.82. The van der Waals surface area contributed by atoms with Gasteiger partial charge in [-0.2, -0.15) is 5.10 Å². The summed E-state index contributed by atoms with van der Waals surface area (Å²) in [6.07, 6.45) is 3.88. The monoisotopic (exact) mass is 358 g/mol. The van der Waals surface area contributed by atoms with E-state index in [9.17, 15) is 8.42 Å². The zero-order valence-corrected chi connectivity index (χ0v) is 16.3. The molecule has 0 spiro atoms. The maximum Gasteiger partial charge on any atom is 0.208 e. The molecule has 1 aromatic rings. The van der Waals surface area contributed by atoms with E-state index in [-0.39, 0.29) is 0 Å². The van der Waals surface area contributed by atoms with Crippen molar-refractivity contribution in [2.75, 3.05) is 33.4 Å². The Hall–Kier alpha value is -1.61. The topological polar surface area (TPSA) is 91.6 Å². The molecule has 0 amide bonds. The van der Waals surface area contributed by atoms with Gasteiger partial charge in [0.25, 0.3) is 0 Å². The molecule has 0 saturated carbocycles. The van der Waals surface area contributed by atoms with E-state index in [4.69, 9.17) is 0 Å². The summed E-state index contributed by atoms with van der Waals surface area (Å²) in [6.45, 7) is 6.03. The number of nitrogens with zero attached hydrogens (tertiary/aromatic N) is 4. The van der Waals surface area contributed by atoms with Gasteiger partial charge in [-0.25, -0.2) is 13.1 Å². The highest BCUT2D eigenvalue weighted by molar-refractivity contribution is 7.88. The Morgan fingerprint density at radius 2 is 2.08 bits per heavy atom. The van der Waals surface area contributed by atoms with Crippen LogP contribution < -0.4 is 10.0 Å². The Morgan fingerprint density at radius 3 is 2.62 bits per heavy atom. The zero-order chi connectivity index (χ0) is 18.3. The molecule has 8 nitrogen and oxygen atoms in total. The minimum Gasteiger partial charge on any atom is -0.356 e. The number of sulfonamides is 1. The third kappa shape index (κ3) is 6.88. The fourth-order valence-corrected chi connectivity index (χ4v) is 2.94. The number of nitrogens with one attached hydrogen (secondary N) is 2. The Morgan fingerprint density at radius 1 is 1.42 bits per heavy atom. The first-order valence-corrected chi connectivity index (χ1v) is 9.92. The highest BCUT2D eigenvalue weighted by Gasteiger charge is 2.14. The second kappa shape index (κ2) is 9.03. The molecule has 1 heterocycles. The van der Waals surface area contributed by atoms with Crippen molar-refractivity contribution in [3.63, 3.8) is 0 Å². The van der Waals surface area contributed by atoms with Gasteiger partial charge in [0.2, 0.25) is 10.0 Å². The van der Waals surface area contributed by atoms with Crippen molar-refractivity contribution < 1.29 is 8.42 Å². The van der Waals surface area contributed by atoms with E-state index >= 15 is 0 Å². The maximum atomic E-state index is 11.0. The van der Waals surface area contributed by atoms with E-state index in [1.54, 1.807) is 7.05 Å². The third-order valence-electron chi connectivity index (χ3n) is 3.47. The Kier molecular flexibility index (Phi) is 7.68. The van der Waals surface area contributed by atoms with Gasteiger partial charge in [0.05, 0.1) is 11.9 Å². The van der Waals surface area contributed by atoms with E-state index in [0.717, 1.165) is 17.9 Å². The summed E-state index contributed by atoms with van der Waals surface area (Å²) in [5, 5.41) is 7.77. The second-order valence-corrected chi connectivity index (χ2v) is 8.05. The number of guanidine groups is 1. The van der Waals surface area contributed by atoms with Gasteiger partial charge in [-0.3, -0.25) is 9.67 Å². The fourth-order valence-electron chi connectivity index (χ4n) is 2.42. The molecule has 0 fully saturated rings. The van der Waals surface area contributed by atoms with Crippen LogP contribution in [0.15, 0.2) is 11.2 Å². The first-order chi connectivity index (χ1) is 11.1. The molecule has 1 aromatic heterocycles. The number of rotatable bonds is 8. The largest absolute Gasteiger partial charge is 0.356 e. The van der Waals surface area contributed by atoms with E-state index in [2.05, 4.69) is 34.0 Å². The van der Waals surface area contributed by atoms with Crippen LogP contribution in [0.2, 0.25) is 0 Å². The number of hydrogen-bond acceptors (Lipinski definition) is 4. The molecule has 1 rings (SSSR count). The maximum absolute atomic E-state index is 11.0. The van der Waals surface area contributed by atoms with Gasteiger partial charge in [0, 0.05) is 52.5 Å². The van der Waals surface area contributed by atoms with Crippen molar-refractivity contribution >= 4 is 16.0 Å². The molecule has 0 atom stereocenters. The lowest BCUT2D eigenvalue weighted by molar-refractivity contribution is 0.472. The SMILES string of the molecule is CN=C(NCCCNS(C)(=O)=O)N(C)Cc1cn(C)nc1C(C)C. The van der Waals surface area contributed by atoms with Crippen LogP contribution in [0.5, 0.6) is 0 Å². The molecule has 2 N–H and O–H groups in total. The summed E-state index contributed by atoms with van der Waals surface area (Å²) >= 11 is 0. The predicted molar refractivity (Wildman–Crippen MR) is 97.6 cm³/mol. The van der Waals surface area contributed by atoms with Crippen molar-refractivity contribution in [1.29, 1.82) is 0 Å². The van der Waals surface area contributed by atoms with Crippen LogP contribution in [0.25, 0.3) is 0 Å². The molecular weight excluding hydrogens is 328 g/mol. The van der Waals surface area contributed by atoms with Crippen molar-refractivity contribution in [2.45, 2.75) is 32.7 Å². The normalized spacial score (nSPS) is 12.7. The highest BCUT2D eigenvalue weighted by Crippen LogP contribution is 2.18. The Balaban J connectivity index is 2.54. The summed E-state index contributed by atoms with van der Waals surface area (Å²) in [5.41, 5.74) is 2.27. The van der Waals surface area contributed by atoms with Crippen LogP contribution in [0, 0.1) is 0 Å². The second-order valence-electron chi connectivity index (χ2n) is 6.22. The number of aryl methyl sites for hydroxylation is 1. The lowest BCUT2D eigenvalue weighted by atomic mass is 10.1. The summed E-state index contributed by atoms with van der Waals surface area (Å²) in [5.74, 6) is 1.14. The fraction of sp³-hybridized carbons (Fsp3) is 0.733. The van der Waals surface area contributed by atoms with E-state index < -0.39 is 10.0 Å². The summed E-state index contributed by atoms with van der Waals surface area (Å²) in [4.78, 5) is 6.31. The molecule has 0 bridgehead atoms. The van der Waals surface area contributed by atoms with Gasteiger partial charge < -0.3 is 10.2 Å². The lowest BCUT2D eigenvalue weighted by Crippen LogP contribution is -2.39. The smallest absolute Gasteiger partial charge is 0.208 e. The van der Waals surface area contributed by atoms with Crippen molar-refractivity contribution in [1.82, 2.24) is 24.7 Å². The molecule has 0 unspecified atom stereocenters. The minimum atomic E-state index is -3.13. The van der Waals surface area contributed by atoms with E-state index in [1.807, 2.05) is 29.9 Å². The minimum absolute atomic E-state index is 0.367. The van der Waals surface area contributed by atoms with Gasteiger partial charge in [0.15, 0.2) is 5.96 Å². The van der Waals surface area contributed by atoms with Crippen LogP contribution in [-0.2, 0) is 23.6 Å². The lowest BCUT2D eigenvalue weighted by Gasteiger charge is -2.22. The van der Waals surface area contributed by atoms with Crippen LogP contribution in [0.3, 0.4) is 0 Å². The standard InChI is InChI=1S/C15H30N6O2S/c1-12(2)14-13(11-21(5)19-14)10-20(4)15(16-3)17-8-7-9-18-24(6,22)23/h11-12,18H,7-10H2,1-6H3,(H,16,17). The molecule has 0 aliphatic rings. The zero-order valence-electron chi connectivity index (χ0n) is 15.5. The average molecular weight is 359 g/mol. The van der Waals surface area contributed by atoms with Gasteiger partial charge in [0.1, 0.15) is 0 Å². The first kappa shape index (κ1) is 20.4. The van der Waals surface area contributed by atoms with Crippen LogP contribution >= 0.6 is 0 Å². The molecule has 0 aliphatic heterocycles. The van der Waals surface area contributed by atoms with Crippen LogP contribution in [-0.4, -0.2) is 62.5 Å². The molecule has 9 heteroatoms. The van der Waals surface area contributed by atoms with Gasteiger partial charge >= 0.3 is 0 Å². The van der Waals surface area contributed by atoms with Crippen molar-refractivity contribution in [3.8, 4) is 0 Å². The van der Waals surface area contributed by atoms with E-state index in [1.165, 1.54) is 5.56 Å². The van der Waals surface area contributed by atoms with Crippen molar-refractivity contribution in [2.24, 2.45) is 12.0 Å². The Bertz CT molecular complexity index is 651. The van der Waals surface area contributed by atoms with Gasteiger partial charge in [-0.05, 0) is 12.3 Å². The number of hydrogen-bond donors (Lipinski definition) is 2. The van der Waals surface area contributed by atoms with Gasteiger partial charge in [-0.15, -0.1) is 0 Å². The molecule has 0 radical (unpaired) electrons. The predicted octanol–water partition coefficient (Wildman–Crippen LogP) is 0.490. The highest BCUT2D eigenvalue weighted by atomic mass is 32.2. The Labute approximate surface area is 145 Å². The molecule has 0 saturated heterocycles. The van der Waals surface area contributed by atoms with Crippen molar-refractivity contribution in [3.05, 3.63) is 17.5 Å². The van der Waals surface area contributed by atoms with Crippen LogP contribution in [0.4, 0.5) is 0 Å².